The number of hydrogen-bond donors (Lipinski definition) is 1. The van der Waals surface area contributed by atoms with Crippen molar-refractivity contribution in [3.63, 3.8) is 0 Å². The van der Waals surface area contributed by atoms with Gasteiger partial charge in [-0.1, -0.05) is 24.3 Å². The molecule has 0 atom stereocenters. The van der Waals surface area contributed by atoms with Crippen LogP contribution in [0.5, 0.6) is 0 Å². The van der Waals surface area contributed by atoms with Gasteiger partial charge in [0.1, 0.15) is 18.0 Å². The predicted octanol–water partition coefficient (Wildman–Crippen LogP) is 4.20. The van der Waals surface area contributed by atoms with Gasteiger partial charge in [0.2, 0.25) is 0 Å². The van der Waals surface area contributed by atoms with E-state index >= 15 is 0 Å². The van der Waals surface area contributed by atoms with Crippen LogP contribution in [0.3, 0.4) is 0 Å². The molecule has 0 aliphatic carbocycles. The Morgan fingerprint density at radius 3 is 2.41 bits per heavy atom. The van der Waals surface area contributed by atoms with Crippen molar-refractivity contribution in [3.8, 4) is 11.3 Å². The number of aromatic nitrogens is 2. The third kappa shape index (κ3) is 4.77. The van der Waals surface area contributed by atoms with E-state index in [2.05, 4.69) is 20.2 Å². The van der Waals surface area contributed by atoms with Crippen LogP contribution in [0, 0.1) is 5.82 Å². The number of piperidine rings is 1. The number of rotatable bonds is 5. The Morgan fingerprint density at radius 2 is 1.69 bits per heavy atom. The summed E-state index contributed by atoms with van der Waals surface area (Å²) in [5.74, 6) is 0.497. The van der Waals surface area contributed by atoms with E-state index < -0.39 is 0 Å². The molecule has 1 fully saturated rings. The highest BCUT2D eigenvalue weighted by atomic mass is 19.1. The highest BCUT2D eigenvalue weighted by molar-refractivity contribution is 5.94. The molecule has 4 rings (SSSR count). The van der Waals surface area contributed by atoms with Crippen molar-refractivity contribution >= 4 is 11.7 Å². The van der Waals surface area contributed by atoms with E-state index in [1.54, 1.807) is 30.6 Å². The number of benzene rings is 2. The maximum absolute atomic E-state index is 13.0. The first-order valence-electron chi connectivity index (χ1n) is 9.89. The minimum absolute atomic E-state index is 0.169. The van der Waals surface area contributed by atoms with E-state index in [1.807, 2.05) is 18.2 Å². The predicted molar refractivity (Wildman–Crippen MR) is 111 cm³/mol. The number of carbonyl (C=O) groups excluding carboxylic acids is 1. The van der Waals surface area contributed by atoms with Gasteiger partial charge in [-0.3, -0.25) is 4.79 Å². The zero-order chi connectivity index (χ0) is 20.1. The van der Waals surface area contributed by atoms with Gasteiger partial charge in [0, 0.05) is 36.8 Å². The zero-order valence-electron chi connectivity index (χ0n) is 16.1. The second kappa shape index (κ2) is 8.82. The number of carbonyl (C=O) groups is 1. The Hall–Kier alpha value is -3.28. The number of hydrogen-bond acceptors (Lipinski definition) is 4. The van der Waals surface area contributed by atoms with Gasteiger partial charge in [0.15, 0.2) is 0 Å². The summed E-state index contributed by atoms with van der Waals surface area (Å²) in [5, 5.41) is 2.85. The van der Waals surface area contributed by atoms with Crippen molar-refractivity contribution in [1.82, 2.24) is 15.3 Å². The smallest absolute Gasteiger partial charge is 0.251 e. The van der Waals surface area contributed by atoms with Gasteiger partial charge in [-0.25, -0.2) is 14.4 Å². The highest BCUT2D eigenvalue weighted by Crippen LogP contribution is 2.23. The lowest BCUT2D eigenvalue weighted by Crippen LogP contribution is -2.30. The van der Waals surface area contributed by atoms with Gasteiger partial charge in [0.25, 0.3) is 5.91 Å². The van der Waals surface area contributed by atoms with Crippen LogP contribution in [0.4, 0.5) is 10.2 Å². The van der Waals surface area contributed by atoms with Gasteiger partial charge in [-0.15, -0.1) is 0 Å². The molecule has 0 radical (unpaired) electrons. The first-order valence-corrected chi connectivity index (χ1v) is 9.89. The molecule has 1 aromatic heterocycles. The van der Waals surface area contributed by atoms with Crippen LogP contribution in [-0.2, 0) is 6.54 Å². The molecule has 1 aliphatic heterocycles. The van der Waals surface area contributed by atoms with E-state index in [0.717, 1.165) is 35.7 Å². The Bertz CT molecular complexity index is 967. The van der Waals surface area contributed by atoms with Gasteiger partial charge >= 0.3 is 0 Å². The van der Waals surface area contributed by atoms with Crippen molar-refractivity contribution in [1.29, 1.82) is 0 Å². The van der Waals surface area contributed by atoms with E-state index in [9.17, 15) is 9.18 Å². The fraction of sp³-hybridized carbons (Fsp3) is 0.261. The summed E-state index contributed by atoms with van der Waals surface area (Å²) in [6.07, 6.45) is 5.27. The van der Waals surface area contributed by atoms with E-state index in [1.165, 1.54) is 31.4 Å². The lowest BCUT2D eigenvalue weighted by molar-refractivity contribution is 0.0951. The molecule has 0 bridgehead atoms. The second-order valence-corrected chi connectivity index (χ2v) is 7.20. The van der Waals surface area contributed by atoms with Crippen molar-refractivity contribution in [2.75, 3.05) is 18.0 Å². The highest BCUT2D eigenvalue weighted by Gasteiger charge is 2.13. The van der Waals surface area contributed by atoms with Gasteiger partial charge in [0.05, 0.1) is 5.69 Å². The summed E-state index contributed by atoms with van der Waals surface area (Å²) >= 11 is 0. The normalized spacial score (nSPS) is 13.9. The molecule has 1 aliphatic rings. The summed E-state index contributed by atoms with van der Waals surface area (Å²) < 4.78 is 13.0. The van der Waals surface area contributed by atoms with Crippen LogP contribution >= 0.6 is 0 Å². The fourth-order valence-corrected chi connectivity index (χ4v) is 3.48. The van der Waals surface area contributed by atoms with Crippen LogP contribution < -0.4 is 10.2 Å². The fourth-order valence-electron chi connectivity index (χ4n) is 3.48. The number of nitrogens with one attached hydrogen (secondary N) is 1. The summed E-state index contributed by atoms with van der Waals surface area (Å²) in [5.41, 5.74) is 3.21. The third-order valence-corrected chi connectivity index (χ3v) is 5.14. The van der Waals surface area contributed by atoms with Crippen molar-refractivity contribution in [2.24, 2.45) is 0 Å². The topological polar surface area (TPSA) is 58.1 Å². The average molecular weight is 390 g/mol. The number of amides is 1. The molecule has 148 valence electrons. The Labute approximate surface area is 169 Å². The summed E-state index contributed by atoms with van der Waals surface area (Å²) in [6.45, 7) is 2.42. The number of halogens is 1. The molecule has 2 heterocycles. The quantitative estimate of drug-likeness (QED) is 0.709. The molecule has 0 saturated carbocycles. The lowest BCUT2D eigenvalue weighted by Gasteiger charge is -2.27. The Morgan fingerprint density at radius 1 is 0.966 bits per heavy atom. The molecule has 2 aromatic carbocycles. The molecular formula is C23H23FN4O. The van der Waals surface area contributed by atoms with Gasteiger partial charge in [-0.2, -0.15) is 0 Å². The Balaban J connectivity index is 1.42. The molecule has 1 saturated heterocycles. The molecule has 1 amide bonds. The second-order valence-electron chi connectivity index (χ2n) is 7.20. The summed E-state index contributed by atoms with van der Waals surface area (Å²) in [7, 11) is 0. The van der Waals surface area contributed by atoms with Gasteiger partial charge < -0.3 is 10.2 Å². The molecule has 0 unspecified atom stereocenters. The number of anilines is 1. The maximum atomic E-state index is 13.0. The molecule has 0 spiro atoms. The SMILES string of the molecule is O=C(NCc1ccc(F)cc1)c1ccc(-c2cc(N3CCCCC3)ncn2)cc1. The molecule has 6 heteroatoms. The van der Waals surface area contributed by atoms with E-state index in [4.69, 9.17) is 0 Å². The Kier molecular flexibility index (Phi) is 5.79. The van der Waals surface area contributed by atoms with Gasteiger partial charge in [-0.05, 0) is 49.1 Å². The largest absolute Gasteiger partial charge is 0.357 e. The zero-order valence-corrected chi connectivity index (χ0v) is 16.1. The van der Waals surface area contributed by atoms with Crippen molar-refractivity contribution in [3.05, 3.63) is 77.9 Å². The first kappa shape index (κ1) is 19.1. The lowest BCUT2D eigenvalue weighted by atomic mass is 10.1. The number of nitrogens with zero attached hydrogens (tertiary/aromatic N) is 3. The minimum Gasteiger partial charge on any atom is -0.357 e. The standard InChI is InChI=1S/C23H23FN4O/c24-20-10-4-17(5-11-20)15-25-23(29)19-8-6-18(7-9-19)21-14-22(27-16-26-21)28-12-2-1-3-13-28/h4-11,14,16H,1-3,12-13,15H2,(H,25,29). The molecule has 5 nitrogen and oxygen atoms in total. The summed E-state index contributed by atoms with van der Waals surface area (Å²) in [6, 6.07) is 15.5. The van der Waals surface area contributed by atoms with Crippen molar-refractivity contribution in [2.45, 2.75) is 25.8 Å². The monoisotopic (exact) mass is 390 g/mol. The molecule has 3 aromatic rings. The van der Waals surface area contributed by atoms with E-state index in [0.29, 0.717) is 12.1 Å². The summed E-state index contributed by atoms with van der Waals surface area (Å²) in [4.78, 5) is 23.5. The van der Waals surface area contributed by atoms with Crippen LogP contribution in [0.1, 0.15) is 35.2 Å². The minimum atomic E-state index is -0.288. The van der Waals surface area contributed by atoms with E-state index in [-0.39, 0.29) is 11.7 Å². The molecule has 29 heavy (non-hydrogen) atoms. The maximum Gasteiger partial charge on any atom is 0.251 e. The molecular weight excluding hydrogens is 367 g/mol. The average Bonchev–Trinajstić information content (AvgIpc) is 2.79. The van der Waals surface area contributed by atoms with Crippen LogP contribution in [0.25, 0.3) is 11.3 Å². The van der Waals surface area contributed by atoms with Crippen LogP contribution in [-0.4, -0.2) is 29.0 Å². The van der Waals surface area contributed by atoms with Crippen LogP contribution in [0.15, 0.2) is 60.9 Å². The van der Waals surface area contributed by atoms with Crippen LogP contribution in [0.2, 0.25) is 0 Å². The molecule has 1 N–H and O–H groups in total. The first-order chi connectivity index (χ1) is 14.2. The van der Waals surface area contributed by atoms with Crippen molar-refractivity contribution < 1.29 is 9.18 Å². The third-order valence-electron chi connectivity index (χ3n) is 5.14.